The molecule has 1 atom stereocenters. The van der Waals surface area contributed by atoms with Crippen molar-refractivity contribution in [2.45, 2.75) is 26.3 Å². The third kappa shape index (κ3) is 2.63. The van der Waals surface area contributed by atoms with Crippen LogP contribution < -0.4 is 4.74 Å². The van der Waals surface area contributed by atoms with Gasteiger partial charge in [0.1, 0.15) is 16.7 Å². The summed E-state index contributed by atoms with van der Waals surface area (Å²) in [6.07, 6.45) is 2.07. The van der Waals surface area contributed by atoms with Crippen molar-refractivity contribution in [1.29, 1.82) is 0 Å². The Kier molecular flexibility index (Phi) is 3.90. The molecule has 7 heteroatoms. The number of halogens is 1. The minimum atomic E-state index is -0.924. The number of hydrogen-bond donors (Lipinski definition) is 1. The highest BCUT2D eigenvalue weighted by Crippen LogP contribution is 2.27. The smallest absolute Gasteiger partial charge is 0.328 e. The molecule has 0 radical (unpaired) electrons. The van der Waals surface area contributed by atoms with Crippen molar-refractivity contribution in [3.05, 3.63) is 17.4 Å². The molecule has 1 unspecified atom stereocenters. The fourth-order valence-electron chi connectivity index (χ4n) is 1.86. The fourth-order valence-corrected chi connectivity index (χ4v) is 2.04. The maximum atomic E-state index is 11.2. The molecule has 2 aromatic rings. The summed E-state index contributed by atoms with van der Waals surface area (Å²) in [5, 5.41) is 14.3. The molecule has 102 valence electrons. The van der Waals surface area contributed by atoms with Gasteiger partial charge in [-0.3, -0.25) is 4.68 Å². The van der Waals surface area contributed by atoms with Crippen molar-refractivity contribution >= 4 is 28.5 Å². The Bertz CT molecular complexity index is 612. The van der Waals surface area contributed by atoms with Gasteiger partial charge in [-0.1, -0.05) is 18.5 Å². The molecule has 6 nitrogen and oxygen atoms in total. The van der Waals surface area contributed by atoms with Crippen LogP contribution in [0.1, 0.15) is 26.3 Å². The number of aromatic nitrogens is 3. The molecule has 2 heterocycles. The van der Waals surface area contributed by atoms with Crippen LogP contribution in [0.2, 0.25) is 5.15 Å². The van der Waals surface area contributed by atoms with Crippen LogP contribution in [0.4, 0.5) is 0 Å². The van der Waals surface area contributed by atoms with Crippen LogP contribution in [-0.2, 0) is 4.79 Å². The lowest BCUT2D eigenvalue weighted by molar-refractivity contribution is -0.141. The van der Waals surface area contributed by atoms with E-state index in [9.17, 15) is 4.79 Å². The van der Waals surface area contributed by atoms with Crippen molar-refractivity contribution in [2.75, 3.05) is 6.61 Å². The van der Waals surface area contributed by atoms with Crippen molar-refractivity contribution < 1.29 is 14.6 Å². The fraction of sp³-hybridized carbons (Fsp3) is 0.417. The van der Waals surface area contributed by atoms with E-state index in [0.29, 0.717) is 29.8 Å². The van der Waals surface area contributed by atoms with E-state index in [1.807, 2.05) is 6.92 Å². The standard InChI is InChI=1S/C12H14ClN3O3/c1-3-9(12(17)18)16-6-7-8(15-16)5-10(13)14-11(7)19-4-2/h5-6,9H,3-4H2,1-2H3,(H,17,18). The number of ether oxygens (including phenoxy) is 1. The Labute approximate surface area is 115 Å². The van der Waals surface area contributed by atoms with Gasteiger partial charge < -0.3 is 9.84 Å². The van der Waals surface area contributed by atoms with E-state index in [2.05, 4.69) is 10.1 Å². The highest BCUT2D eigenvalue weighted by Gasteiger charge is 2.20. The Morgan fingerprint density at radius 2 is 2.32 bits per heavy atom. The van der Waals surface area contributed by atoms with Crippen LogP contribution in [0.5, 0.6) is 5.88 Å². The number of carbonyl (C=O) groups is 1. The van der Waals surface area contributed by atoms with E-state index in [-0.39, 0.29) is 5.15 Å². The first kappa shape index (κ1) is 13.6. The Hall–Kier alpha value is -1.82. The summed E-state index contributed by atoms with van der Waals surface area (Å²) in [6.45, 7) is 4.08. The van der Waals surface area contributed by atoms with E-state index >= 15 is 0 Å². The molecule has 2 aromatic heterocycles. The van der Waals surface area contributed by atoms with Gasteiger partial charge in [0.15, 0.2) is 0 Å². The zero-order valence-electron chi connectivity index (χ0n) is 10.6. The lowest BCUT2D eigenvalue weighted by Crippen LogP contribution is -2.18. The van der Waals surface area contributed by atoms with Gasteiger partial charge in [0.25, 0.3) is 0 Å². The van der Waals surface area contributed by atoms with E-state index < -0.39 is 12.0 Å². The second-order valence-corrected chi connectivity index (χ2v) is 4.37. The largest absolute Gasteiger partial charge is 0.480 e. The molecule has 0 aliphatic carbocycles. The third-order valence-electron chi connectivity index (χ3n) is 2.73. The average Bonchev–Trinajstić information content (AvgIpc) is 2.73. The molecule has 0 saturated carbocycles. The molecule has 2 rings (SSSR count). The molecule has 0 fully saturated rings. The van der Waals surface area contributed by atoms with Gasteiger partial charge >= 0.3 is 5.97 Å². The predicted molar refractivity (Wildman–Crippen MR) is 70.7 cm³/mol. The number of nitrogens with zero attached hydrogens (tertiary/aromatic N) is 3. The maximum Gasteiger partial charge on any atom is 0.328 e. The lowest BCUT2D eigenvalue weighted by atomic mass is 10.2. The predicted octanol–water partition coefficient (Wildman–Crippen LogP) is 2.52. The van der Waals surface area contributed by atoms with E-state index in [1.165, 1.54) is 4.68 Å². The van der Waals surface area contributed by atoms with Crippen molar-refractivity contribution in [3.63, 3.8) is 0 Å². The van der Waals surface area contributed by atoms with Gasteiger partial charge in [-0.2, -0.15) is 5.10 Å². The van der Waals surface area contributed by atoms with Crippen LogP contribution in [-0.4, -0.2) is 32.4 Å². The normalized spacial score (nSPS) is 12.6. The zero-order valence-corrected chi connectivity index (χ0v) is 11.4. The van der Waals surface area contributed by atoms with Crippen LogP contribution >= 0.6 is 11.6 Å². The summed E-state index contributed by atoms with van der Waals surface area (Å²) >= 11 is 5.89. The number of hydrogen-bond acceptors (Lipinski definition) is 4. The summed E-state index contributed by atoms with van der Waals surface area (Å²) < 4.78 is 6.80. The van der Waals surface area contributed by atoms with Gasteiger partial charge in [-0.05, 0) is 13.3 Å². The Balaban J connectivity index is 2.55. The van der Waals surface area contributed by atoms with Crippen molar-refractivity contribution in [1.82, 2.24) is 14.8 Å². The van der Waals surface area contributed by atoms with Crippen LogP contribution in [0.25, 0.3) is 10.9 Å². The molecule has 0 bridgehead atoms. The molecule has 0 aliphatic heterocycles. The minimum absolute atomic E-state index is 0.268. The van der Waals surface area contributed by atoms with Gasteiger partial charge in [-0.15, -0.1) is 0 Å². The minimum Gasteiger partial charge on any atom is -0.480 e. The number of carboxylic acid groups (broad SMARTS) is 1. The zero-order chi connectivity index (χ0) is 14.0. The molecular weight excluding hydrogens is 270 g/mol. The summed E-state index contributed by atoms with van der Waals surface area (Å²) in [6, 6.07) is 0.880. The van der Waals surface area contributed by atoms with E-state index in [4.69, 9.17) is 21.4 Å². The third-order valence-corrected chi connectivity index (χ3v) is 2.92. The first-order valence-electron chi connectivity index (χ1n) is 5.97. The maximum absolute atomic E-state index is 11.2. The average molecular weight is 284 g/mol. The topological polar surface area (TPSA) is 77.2 Å². The summed E-state index contributed by atoms with van der Waals surface area (Å²) in [7, 11) is 0. The molecule has 0 aliphatic rings. The SMILES string of the molecule is CCOc1nc(Cl)cc2nn(C(CC)C(=O)O)cc12. The Morgan fingerprint density at radius 1 is 1.58 bits per heavy atom. The number of fused-ring (bicyclic) bond motifs is 1. The van der Waals surface area contributed by atoms with Crippen molar-refractivity contribution in [3.8, 4) is 5.88 Å². The lowest BCUT2D eigenvalue weighted by Gasteiger charge is -2.08. The van der Waals surface area contributed by atoms with Crippen LogP contribution in [0.15, 0.2) is 12.3 Å². The molecule has 19 heavy (non-hydrogen) atoms. The number of carboxylic acids is 1. The van der Waals surface area contributed by atoms with Gasteiger partial charge in [-0.25, -0.2) is 9.78 Å². The number of aliphatic carboxylic acids is 1. The first-order chi connectivity index (χ1) is 9.06. The number of pyridine rings is 1. The second kappa shape index (κ2) is 5.44. The Morgan fingerprint density at radius 3 is 2.89 bits per heavy atom. The van der Waals surface area contributed by atoms with Crippen molar-refractivity contribution in [2.24, 2.45) is 0 Å². The van der Waals surface area contributed by atoms with Crippen LogP contribution in [0.3, 0.4) is 0 Å². The molecule has 0 aromatic carbocycles. The summed E-state index contributed by atoms with van der Waals surface area (Å²) in [5.74, 6) is -0.552. The molecule has 0 saturated heterocycles. The highest BCUT2D eigenvalue weighted by atomic mass is 35.5. The molecule has 0 amide bonds. The highest BCUT2D eigenvalue weighted by molar-refractivity contribution is 6.30. The first-order valence-corrected chi connectivity index (χ1v) is 6.35. The van der Waals surface area contributed by atoms with E-state index in [1.54, 1.807) is 19.2 Å². The second-order valence-electron chi connectivity index (χ2n) is 3.99. The van der Waals surface area contributed by atoms with Crippen LogP contribution in [0, 0.1) is 0 Å². The molecule has 0 spiro atoms. The van der Waals surface area contributed by atoms with Gasteiger partial charge in [0.2, 0.25) is 5.88 Å². The van der Waals surface area contributed by atoms with Gasteiger partial charge in [0, 0.05) is 12.3 Å². The molecular formula is C12H14ClN3O3. The number of rotatable bonds is 5. The summed E-state index contributed by atoms with van der Waals surface area (Å²) in [4.78, 5) is 15.2. The molecule has 1 N–H and O–H groups in total. The van der Waals surface area contributed by atoms with E-state index in [0.717, 1.165) is 0 Å². The monoisotopic (exact) mass is 283 g/mol. The summed E-state index contributed by atoms with van der Waals surface area (Å²) in [5.41, 5.74) is 0.572. The van der Waals surface area contributed by atoms with Gasteiger partial charge in [0.05, 0.1) is 12.0 Å². The quantitative estimate of drug-likeness (QED) is 0.853.